The topological polar surface area (TPSA) is 34.1 Å². The number of nitrogens with zero attached hydrogens (tertiary/aromatic N) is 1. The average molecular weight is 220 g/mol. The number of hydrogen-bond donors (Lipinski definition) is 1. The van der Waals surface area contributed by atoms with Crippen molar-refractivity contribution in [2.75, 3.05) is 19.0 Å². The Morgan fingerprint density at radius 3 is 2.67 bits per heavy atom. The van der Waals surface area contributed by atoms with Gasteiger partial charge in [0.15, 0.2) is 17.5 Å². The van der Waals surface area contributed by atoms with E-state index < -0.39 is 17.6 Å². The van der Waals surface area contributed by atoms with Crippen molar-refractivity contribution in [2.24, 2.45) is 0 Å². The first-order valence-electron chi connectivity index (χ1n) is 4.31. The Morgan fingerprint density at radius 1 is 1.40 bits per heavy atom. The van der Waals surface area contributed by atoms with Crippen molar-refractivity contribution >= 4 is 5.82 Å². The van der Waals surface area contributed by atoms with Gasteiger partial charge in [-0.05, 0) is 6.92 Å². The first-order valence-corrected chi connectivity index (χ1v) is 4.31. The SMILES string of the molecule is COCC(C)Nc1nc(F)c(F)cc1F. The number of halogens is 3. The Labute approximate surface area is 85.3 Å². The molecule has 15 heavy (non-hydrogen) atoms. The Kier molecular flexibility index (Phi) is 3.90. The van der Waals surface area contributed by atoms with Gasteiger partial charge >= 0.3 is 0 Å². The molecule has 0 saturated carbocycles. The molecule has 3 nitrogen and oxygen atoms in total. The van der Waals surface area contributed by atoms with Crippen LogP contribution in [0.2, 0.25) is 0 Å². The summed E-state index contributed by atoms with van der Waals surface area (Å²) in [5.41, 5.74) is 0. The van der Waals surface area contributed by atoms with Crippen molar-refractivity contribution in [1.29, 1.82) is 0 Å². The van der Waals surface area contributed by atoms with Crippen molar-refractivity contribution in [3.63, 3.8) is 0 Å². The van der Waals surface area contributed by atoms with E-state index in [-0.39, 0.29) is 11.9 Å². The highest BCUT2D eigenvalue weighted by Crippen LogP contribution is 2.14. The second kappa shape index (κ2) is 4.97. The van der Waals surface area contributed by atoms with Gasteiger partial charge in [0.25, 0.3) is 5.95 Å². The summed E-state index contributed by atoms with van der Waals surface area (Å²) in [5, 5.41) is 2.56. The summed E-state index contributed by atoms with van der Waals surface area (Å²) in [5.74, 6) is -3.89. The fourth-order valence-corrected chi connectivity index (χ4v) is 1.07. The molecule has 6 heteroatoms. The number of hydrogen-bond acceptors (Lipinski definition) is 3. The van der Waals surface area contributed by atoms with Crippen LogP contribution in [0.3, 0.4) is 0 Å². The van der Waals surface area contributed by atoms with Crippen LogP contribution in [0.1, 0.15) is 6.92 Å². The third-order valence-electron chi connectivity index (χ3n) is 1.69. The summed E-state index contributed by atoms with van der Waals surface area (Å²) in [6.07, 6.45) is 0. The smallest absolute Gasteiger partial charge is 0.251 e. The minimum Gasteiger partial charge on any atom is -0.383 e. The van der Waals surface area contributed by atoms with Gasteiger partial charge in [-0.25, -0.2) is 8.78 Å². The molecular formula is C9H11F3N2O. The molecule has 1 aromatic heterocycles. The lowest BCUT2D eigenvalue weighted by atomic mass is 10.3. The molecule has 1 heterocycles. The minimum absolute atomic E-state index is 0.248. The summed E-state index contributed by atoms with van der Waals surface area (Å²) in [6.45, 7) is 2.01. The molecule has 84 valence electrons. The van der Waals surface area contributed by atoms with Crippen molar-refractivity contribution in [3.05, 3.63) is 23.6 Å². The van der Waals surface area contributed by atoms with E-state index in [1.54, 1.807) is 6.92 Å². The molecule has 1 N–H and O–H groups in total. The average Bonchev–Trinajstić information content (AvgIpc) is 2.14. The first-order chi connectivity index (χ1) is 7.04. The molecule has 1 aromatic rings. The molecule has 0 fully saturated rings. The normalized spacial score (nSPS) is 12.6. The molecule has 0 aliphatic carbocycles. The number of pyridine rings is 1. The summed E-state index contributed by atoms with van der Waals surface area (Å²) in [4.78, 5) is 3.11. The van der Waals surface area contributed by atoms with Crippen molar-refractivity contribution in [3.8, 4) is 0 Å². The van der Waals surface area contributed by atoms with E-state index in [0.717, 1.165) is 0 Å². The van der Waals surface area contributed by atoms with Gasteiger partial charge < -0.3 is 10.1 Å². The fourth-order valence-electron chi connectivity index (χ4n) is 1.07. The number of anilines is 1. The second-order valence-electron chi connectivity index (χ2n) is 3.09. The Bertz CT molecular complexity index is 346. The van der Waals surface area contributed by atoms with Crippen molar-refractivity contribution in [2.45, 2.75) is 13.0 Å². The predicted molar refractivity (Wildman–Crippen MR) is 49.1 cm³/mol. The molecule has 0 aliphatic heterocycles. The van der Waals surface area contributed by atoms with E-state index in [0.29, 0.717) is 12.7 Å². The summed E-state index contributed by atoms with van der Waals surface area (Å²) in [6, 6.07) is 0.200. The van der Waals surface area contributed by atoms with E-state index in [9.17, 15) is 13.2 Å². The summed E-state index contributed by atoms with van der Waals surface area (Å²) < 4.78 is 43.0. The second-order valence-corrected chi connectivity index (χ2v) is 3.09. The highest BCUT2D eigenvalue weighted by Gasteiger charge is 2.13. The van der Waals surface area contributed by atoms with Gasteiger partial charge in [-0.2, -0.15) is 9.37 Å². The Morgan fingerprint density at radius 2 is 2.07 bits per heavy atom. The van der Waals surface area contributed by atoms with Gasteiger partial charge in [0, 0.05) is 19.2 Å². The Hall–Kier alpha value is -1.30. The first kappa shape index (κ1) is 11.8. The monoisotopic (exact) mass is 220 g/mol. The lowest BCUT2D eigenvalue weighted by molar-refractivity contribution is 0.190. The van der Waals surface area contributed by atoms with E-state index in [1.165, 1.54) is 7.11 Å². The third-order valence-corrected chi connectivity index (χ3v) is 1.69. The molecule has 1 atom stereocenters. The van der Waals surface area contributed by atoms with Gasteiger partial charge in [0.2, 0.25) is 0 Å². The van der Waals surface area contributed by atoms with Crippen LogP contribution in [-0.4, -0.2) is 24.7 Å². The quantitative estimate of drug-likeness (QED) is 0.787. The summed E-state index contributed by atoms with van der Waals surface area (Å²) >= 11 is 0. The number of methoxy groups -OCH3 is 1. The molecule has 0 aromatic carbocycles. The van der Waals surface area contributed by atoms with Crippen LogP contribution in [0.4, 0.5) is 19.0 Å². The molecule has 0 saturated heterocycles. The highest BCUT2D eigenvalue weighted by molar-refractivity contribution is 5.37. The third kappa shape index (κ3) is 3.09. The van der Waals surface area contributed by atoms with Gasteiger partial charge in [-0.15, -0.1) is 0 Å². The maximum absolute atomic E-state index is 13.1. The van der Waals surface area contributed by atoms with E-state index in [4.69, 9.17) is 4.74 Å². The molecule has 0 amide bonds. The van der Waals surface area contributed by atoms with Gasteiger partial charge in [0.1, 0.15) is 0 Å². The number of ether oxygens (including phenoxy) is 1. The molecular weight excluding hydrogens is 209 g/mol. The van der Waals surface area contributed by atoms with Gasteiger partial charge in [0.05, 0.1) is 6.61 Å². The standard InChI is InChI=1S/C9H11F3N2O/c1-5(4-15-2)13-9-7(11)3-6(10)8(12)14-9/h3,5H,4H2,1-2H3,(H,13,14). The van der Waals surface area contributed by atoms with E-state index in [1.807, 2.05) is 0 Å². The summed E-state index contributed by atoms with van der Waals surface area (Å²) in [7, 11) is 1.48. The zero-order valence-corrected chi connectivity index (χ0v) is 8.35. The fraction of sp³-hybridized carbons (Fsp3) is 0.444. The van der Waals surface area contributed by atoms with Crippen LogP contribution < -0.4 is 5.32 Å². The van der Waals surface area contributed by atoms with Gasteiger partial charge in [-0.3, -0.25) is 0 Å². The predicted octanol–water partition coefficient (Wildman–Crippen LogP) is 1.95. The van der Waals surface area contributed by atoms with E-state index in [2.05, 4.69) is 10.3 Å². The highest BCUT2D eigenvalue weighted by atomic mass is 19.2. The van der Waals surface area contributed by atoms with Crippen LogP contribution in [-0.2, 0) is 4.74 Å². The minimum atomic E-state index is -1.33. The number of aromatic nitrogens is 1. The molecule has 0 bridgehead atoms. The number of rotatable bonds is 4. The lowest BCUT2D eigenvalue weighted by Gasteiger charge is -2.13. The van der Waals surface area contributed by atoms with Crippen LogP contribution in [0.25, 0.3) is 0 Å². The van der Waals surface area contributed by atoms with Crippen molar-refractivity contribution < 1.29 is 17.9 Å². The van der Waals surface area contributed by atoms with Crippen molar-refractivity contribution in [1.82, 2.24) is 4.98 Å². The van der Waals surface area contributed by atoms with Crippen LogP contribution in [0.5, 0.6) is 0 Å². The van der Waals surface area contributed by atoms with Crippen LogP contribution in [0.15, 0.2) is 6.07 Å². The van der Waals surface area contributed by atoms with E-state index >= 15 is 0 Å². The molecule has 0 aliphatic rings. The van der Waals surface area contributed by atoms with Crippen LogP contribution >= 0.6 is 0 Å². The molecule has 1 unspecified atom stereocenters. The largest absolute Gasteiger partial charge is 0.383 e. The zero-order chi connectivity index (χ0) is 11.4. The maximum Gasteiger partial charge on any atom is 0.251 e. The zero-order valence-electron chi connectivity index (χ0n) is 8.35. The maximum atomic E-state index is 13.1. The lowest BCUT2D eigenvalue weighted by Crippen LogP contribution is -2.22. The van der Waals surface area contributed by atoms with Crippen LogP contribution in [0, 0.1) is 17.6 Å². The molecule has 0 radical (unpaired) electrons. The van der Waals surface area contributed by atoms with Gasteiger partial charge in [-0.1, -0.05) is 0 Å². The molecule has 0 spiro atoms. The Balaban J connectivity index is 2.81. The number of nitrogens with one attached hydrogen (secondary N) is 1. The molecule has 1 rings (SSSR count).